The Balaban J connectivity index is 2.08. The maximum absolute atomic E-state index is 13.3. The van der Waals surface area contributed by atoms with Gasteiger partial charge >= 0.3 is 0 Å². The van der Waals surface area contributed by atoms with Crippen molar-refractivity contribution in [3.63, 3.8) is 0 Å². The first kappa shape index (κ1) is 17.3. The van der Waals surface area contributed by atoms with Crippen LogP contribution in [-0.2, 0) is 12.3 Å². The molecule has 23 heavy (non-hydrogen) atoms. The van der Waals surface area contributed by atoms with Crippen molar-refractivity contribution in [3.8, 4) is 0 Å². The van der Waals surface area contributed by atoms with E-state index in [0.717, 1.165) is 22.6 Å². The topological polar surface area (TPSA) is 50.4 Å². The van der Waals surface area contributed by atoms with E-state index in [2.05, 4.69) is 24.2 Å². The van der Waals surface area contributed by atoms with Gasteiger partial charge in [-0.3, -0.25) is 0 Å². The van der Waals surface area contributed by atoms with Crippen LogP contribution in [0.15, 0.2) is 41.4 Å². The largest absolute Gasteiger partial charge is 0.370 e. The molecular weight excluding hydrogens is 309 g/mol. The number of nitrogens with one attached hydrogen (secondary N) is 1. The zero-order chi connectivity index (χ0) is 16.8. The van der Waals surface area contributed by atoms with Crippen molar-refractivity contribution < 1.29 is 4.39 Å². The van der Waals surface area contributed by atoms with Crippen molar-refractivity contribution in [1.82, 2.24) is 0 Å². The molecule has 2 rings (SSSR count). The molecule has 0 bridgehead atoms. The van der Waals surface area contributed by atoms with Gasteiger partial charge in [0, 0.05) is 11.4 Å². The van der Waals surface area contributed by atoms with Gasteiger partial charge in [-0.1, -0.05) is 12.1 Å². The number of nitrogens with zero attached hydrogens (tertiary/aromatic N) is 1. The van der Waals surface area contributed by atoms with Gasteiger partial charge in [-0.25, -0.2) is 9.38 Å². The molecule has 0 amide bonds. The normalized spacial score (nSPS) is 11.6. The fourth-order valence-corrected chi connectivity index (χ4v) is 2.80. The standard InChI is InChI=1S/C18H22FN3S/c1-12-4-7-17(8-13(12)2)22-18(20)21-10-14-5-6-16(19)9-15(14)11-23-3/h4-9H,10-11H2,1-3H3,(H3,20,21,22). The van der Waals surface area contributed by atoms with E-state index in [1.807, 2.05) is 24.5 Å². The Morgan fingerprint density at radius 1 is 1.13 bits per heavy atom. The Labute approximate surface area is 141 Å². The molecule has 0 aromatic heterocycles. The van der Waals surface area contributed by atoms with Crippen LogP contribution in [0, 0.1) is 19.7 Å². The molecule has 0 radical (unpaired) electrons. The van der Waals surface area contributed by atoms with Crippen molar-refractivity contribution in [2.45, 2.75) is 26.1 Å². The lowest BCUT2D eigenvalue weighted by Crippen LogP contribution is -2.22. The van der Waals surface area contributed by atoms with Crippen molar-refractivity contribution in [2.75, 3.05) is 11.6 Å². The van der Waals surface area contributed by atoms with Crippen molar-refractivity contribution in [3.05, 3.63) is 64.5 Å². The minimum Gasteiger partial charge on any atom is -0.370 e. The molecule has 0 saturated heterocycles. The number of rotatable bonds is 5. The molecule has 3 N–H and O–H groups in total. The van der Waals surface area contributed by atoms with Crippen LogP contribution in [0.25, 0.3) is 0 Å². The van der Waals surface area contributed by atoms with Crippen molar-refractivity contribution in [2.24, 2.45) is 10.7 Å². The van der Waals surface area contributed by atoms with Gasteiger partial charge < -0.3 is 11.1 Å². The number of aryl methyl sites for hydroxylation is 2. The van der Waals surface area contributed by atoms with Crippen LogP contribution < -0.4 is 11.1 Å². The summed E-state index contributed by atoms with van der Waals surface area (Å²) < 4.78 is 13.3. The fourth-order valence-electron chi connectivity index (χ4n) is 2.22. The molecule has 0 aliphatic heterocycles. The zero-order valence-electron chi connectivity index (χ0n) is 13.7. The van der Waals surface area contributed by atoms with Gasteiger partial charge in [0.2, 0.25) is 0 Å². The van der Waals surface area contributed by atoms with Crippen LogP contribution in [-0.4, -0.2) is 12.2 Å². The van der Waals surface area contributed by atoms with Crippen molar-refractivity contribution in [1.29, 1.82) is 0 Å². The Hall–Kier alpha value is -2.01. The average molecular weight is 331 g/mol. The van der Waals surface area contributed by atoms with Gasteiger partial charge in [-0.2, -0.15) is 11.8 Å². The van der Waals surface area contributed by atoms with Gasteiger partial charge in [0.15, 0.2) is 5.96 Å². The van der Waals surface area contributed by atoms with Gasteiger partial charge in [-0.05, 0) is 66.6 Å². The highest BCUT2D eigenvalue weighted by molar-refractivity contribution is 7.97. The second-order valence-corrected chi connectivity index (χ2v) is 6.34. The summed E-state index contributed by atoms with van der Waals surface area (Å²) in [6.07, 6.45) is 1.99. The minimum atomic E-state index is -0.219. The number of halogens is 1. The molecule has 0 unspecified atom stereocenters. The van der Waals surface area contributed by atoms with E-state index < -0.39 is 0 Å². The first-order valence-electron chi connectivity index (χ1n) is 7.40. The lowest BCUT2D eigenvalue weighted by Gasteiger charge is -2.10. The summed E-state index contributed by atoms with van der Waals surface area (Å²) in [7, 11) is 0. The van der Waals surface area contributed by atoms with E-state index in [0.29, 0.717) is 12.5 Å². The number of nitrogens with two attached hydrogens (primary N) is 1. The minimum absolute atomic E-state index is 0.219. The number of guanidine groups is 1. The van der Waals surface area contributed by atoms with Crippen LogP contribution in [0.4, 0.5) is 10.1 Å². The predicted molar refractivity (Wildman–Crippen MR) is 98.5 cm³/mol. The average Bonchev–Trinajstić information content (AvgIpc) is 2.50. The molecule has 0 atom stereocenters. The Bertz CT molecular complexity index is 713. The molecule has 122 valence electrons. The predicted octanol–water partition coefficient (Wildman–Crippen LogP) is 4.23. The molecule has 2 aromatic rings. The van der Waals surface area contributed by atoms with E-state index in [9.17, 15) is 4.39 Å². The molecule has 0 spiro atoms. The molecule has 0 aliphatic rings. The van der Waals surface area contributed by atoms with E-state index in [4.69, 9.17) is 5.73 Å². The number of thioether (sulfide) groups is 1. The van der Waals surface area contributed by atoms with E-state index >= 15 is 0 Å². The summed E-state index contributed by atoms with van der Waals surface area (Å²) in [6.45, 7) is 4.55. The Kier molecular flexibility index (Phi) is 6.04. The smallest absolute Gasteiger partial charge is 0.193 e. The molecule has 0 saturated carbocycles. The highest BCUT2D eigenvalue weighted by Gasteiger charge is 2.04. The fraction of sp³-hybridized carbons (Fsp3) is 0.278. The third kappa shape index (κ3) is 4.99. The monoisotopic (exact) mass is 331 g/mol. The quantitative estimate of drug-likeness (QED) is 0.637. The SMILES string of the molecule is CSCc1cc(F)ccc1CN=C(N)Nc1ccc(C)c(C)c1. The van der Waals surface area contributed by atoms with E-state index in [1.165, 1.54) is 17.2 Å². The van der Waals surface area contributed by atoms with Gasteiger partial charge in [0.05, 0.1) is 6.54 Å². The summed E-state index contributed by atoms with van der Waals surface area (Å²) >= 11 is 1.66. The molecular formula is C18H22FN3S. The highest BCUT2D eigenvalue weighted by Crippen LogP contribution is 2.18. The summed E-state index contributed by atoms with van der Waals surface area (Å²) in [5.41, 5.74) is 11.3. The maximum Gasteiger partial charge on any atom is 0.193 e. The summed E-state index contributed by atoms with van der Waals surface area (Å²) in [5.74, 6) is 0.892. The number of hydrogen-bond donors (Lipinski definition) is 2. The number of anilines is 1. The maximum atomic E-state index is 13.3. The summed E-state index contributed by atoms with van der Waals surface area (Å²) in [6, 6.07) is 10.8. The molecule has 0 heterocycles. The lowest BCUT2D eigenvalue weighted by atomic mass is 10.1. The van der Waals surface area contributed by atoms with Crippen LogP contribution >= 0.6 is 11.8 Å². The summed E-state index contributed by atoms with van der Waals surface area (Å²) in [5, 5.41) is 3.09. The summed E-state index contributed by atoms with van der Waals surface area (Å²) in [4.78, 5) is 4.37. The Morgan fingerprint density at radius 2 is 1.91 bits per heavy atom. The molecule has 0 fully saturated rings. The molecule has 5 heteroatoms. The number of hydrogen-bond acceptors (Lipinski definition) is 2. The van der Waals surface area contributed by atoms with Gasteiger partial charge in [0.1, 0.15) is 5.82 Å². The third-order valence-corrected chi connectivity index (χ3v) is 4.27. The molecule has 3 nitrogen and oxygen atoms in total. The second-order valence-electron chi connectivity index (χ2n) is 5.47. The van der Waals surface area contributed by atoms with Crippen LogP contribution in [0.2, 0.25) is 0 Å². The van der Waals surface area contributed by atoms with Gasteiger partial charge in [0.25, 0.3) is 0 Å². The van der Waals surface area contributed by atoms with Crippen molar-refractivity contribution >= 4 is 23.4 Å². The molecule has 2 aromatic carbocycles. The number of benzene rings is 2. The lowest BCUT2D eigenvalue weighted by molar-refractivity contribution is 0.625. The van der Waals surface area contributed by atoms with Gasteiger partial charge in [-0.15, -0.1) is 0 Å². The third-order valence-electron chi connectivity index (χ3n) is 3.67. The van der Waals surface area contributed by atoms with E-state index in [-0.39, 0.29) is 5.82 Å². The first-order valence-corrected chi connectivity index (χ1v) is 8.79. The zero-order valence-corrected chi connectivity index (χ0v) is 14.5. The number of aliphatic imine (C=N–C) groups is 1. The molecule has 0 aliphatic carbocycles. The second kappa shape index (κ2) is 8.02. The van der Waals surface area contributed by atoms with Crippen LogP contribution in [0.1, 0.15) is 22.3 Å². The Morgan fingerprint density at radius 3 is 2.61 bits per heavy atom. The first-order chi connectivity index (χ1) is 11.0. The highest BCUT2D eigenvalue weighted by atomic mass is 32.2. The van der Waals surface area contributed by atoms with E-state index in [1.54, 1.807) is 23.9 Å². The van der Waals surface area contributed by atoms with Crippen LogP contribution in [0.3, 0.4) is 0 Å². The van der Waals surface area contributed by atoms with Crippen LogP contribution in [0.5, 0.6) is 0 Å².